The lowest BCUT2D eigenvalue weighted by Crippen LogP contribution is -2.66. The highest BCUT2D eigenvalue weighted by Crippen LogP contribution is 2.69. The molecular weight excluding hydrogens is 624 g/mol. The molecule has 10 nitrogen and oxygen atoms in total. The maximum atomic E-state index is 12.1. The van der Waals surface area contributed by atoms with E-state index in [-0.39, 0.29) is 40.8 Å². The van der Waals surface area contributed by atoms with E-state index in [0.717, 1.165) is 68.4 Å². The fraction of sp³-hybridized carbons (Fsp3) is 0.718. The molecule has 0 spiro atoms. The Morgan fingerprint density at radius 1 is 0.918 bits per heavy atom. The average molecular weight is 683 g/mol. The number of esters is 1. The minimum Gasteiger partial charge on any atom is -0.508 e. The van der Waals surface area contributed by atoms with Crippen molar-refractivity contribution in [1.82, 2.24) is 10.6 Å². The summed E-state index contributed by atoms with van der Waals surface area (Å²) < 4.78 is 5.17. The molecule has 0 bridgehead atoms. The van der Waals surface area contributed by atoms with Crippen molar-refractivity contribution in [2.75, 3.05) is 26.3 Å². The van der Waals surface area contributed by atoms with Crippen LogP contribution in [0.3, 0.4) is 0 Å². The minimum absolute atomic E-state index is 0.0261. The van der Waals surface area contributed by atoms with Gasteiger partial charge in [0.05, 0.1) is 11.7 Å². The van der Waals surface area contributed by atoms with Crippen LogP contribution in [-0.4, -0.2) is 76.2 Å². The second-order valence-electron chi connectivity index (χ2n) is 15.7. The highest BCUT2D eigenvalue weighted by Gasteiger charge is 2.70. The first-order valence-corrected chi connectivity index (χ1v) is 18.6. The Morgan fingerprint density at radius 2 is 1.67 bits per heavy atom. The Bertz CT molecular complexity index is 1350. The maximum Gasteiger partial charge on any atom is 0.331 e. The number of benzene rings is 1. The van der Waals surface area contributed by atoms with Crippen LogP contribution >= 0.6 is 0 Å². The number of phenols is 1. The van der Waals surface area contributed by atoms with Crippen molar-refractivity contribution in [3.8, 4) is 5.75 Å². The number of carbonyl (C=O) groups is 3. The van der Waals surface area contributed by atoms with E-state index in [1.807, 2.05) is 12.1 Å². The molecule has 4 aliphatic carbocycles. The van der Waals surface area contributed by atoms with Gasteiger partial charge in [-0.25, -0.2) is 4.79 Å². The lowest BCUT2D eigenvalue weighted by atomic mass is 9.42. The zero-order valence-electron chi connectivity index (χ0n) is 29.4. The zero-order chi connectivity index (χ0) is 35.2. The summed E-state index contributed by atoms with van der Waals surface area (Å²) in [6, 6.07) is 6.93. The fourth-order valence-electron chi connectivity index (χ4n) is 10.4. The Labute approximate surface area is 291 Å². The van der Waals surface area contributed by atoms with Crippen LogP contribution in [0.25, 0.3) is 0 Å². The van der Waals surface area contributed by atoms with Crippen molar-refractivity contribution in [2.24, 2.45) is 34.5 Å². The second-order valence-corrected chi connectivity index (χ2v) is 15.7. The van der Waals surface area contributed by atoms with Crippen LogP contribution in [0.1, 0.15) is 103 Å². The number of aliphatic hydroxyl groups excluding tert-OH is 2. The molecule has 1 heterocycles. The molecule has 1 unspecified atom stereocenters. The first-order valence-electron chi connectivity index (χ1n) is 18.6. The van der Waals surface area contributed by atoms with Gasteiger partial charge in [0.2, 0.25) is 11.8 Å². The van der Waals surface area contributed by atoms with Gasteiger partial charge in [0.25, 0.3) is 0 Å². The van der Waals surface area contributed by atoms with E-state index in [2.05, 4.69) is 24.5 Å². The van der Waals surface area contributed by atoms with Crippen LogP contribution < -0.4 is 10.6 Å². The quantitative estimate of drug-likeness (QED) is 0.148. The molecule has 1 aliphatic heterocycles. The van der Waals surface area contributed by atoms with E-state index in [4.69, 9.17) is 14.9 Å². The number of cyclic esters (lactones) is 1. The van der Waals surface area contributed by atoms with Gasteiger partial charge in [0, 0.05) is 31.0 Å². The Morgan fingerprint density at radius 3 is 2.39 bits per heavy atom. The molecule has 0 radical (unpaired) electrons. The van der Waals surface area contributed by atoms with Crippen LogP contribution in [-0.2, 0) is 25.5 Å². The van der Waals surface area contributed by atoms with Crippen LogP contribution in [0, 0.1) is 34.5 Å². The van der Waals surface area contributed by atoms with Crippen molar-refractivity contribution in [1.29, 1.82) is 0 Å². The molecule has 6 rings (SSSR count). The van der Waals surface area contributed by atoms with Crippen molar-refractivity contribution in [3.63, 3.8) is 0 Å². The Hall–Kier alpha value is -2.95. The Kier molecular flexibility index (Phi) is 12.1. The largest absolute Gasteiger partial charge is 0.508 e. The van der Waals surface area contributed by atoms with E-state index in [1.165, 1.54) is 32.1 Å². The summed E-state index contributed by atoms with van der Waals surface area (Å²) in [6.07, 6.45) is 14.6. The fourth-order valence-corrected chi connectivity index (χ4v) is 10.4. The van der Waals surface area contributed by atoms with Gasteiger partial charge in [-0.05, 0) is 117 Å². The Balaban J connectivity index is 0.000000196. The average Bonchev–Trinajstić information content (AvgIpc) is 3.64. The molecule has 1 aromatic rings. The molecule has 6 N–H and O–H groups in total. The number of aromatic hydroxyl groups is 1. The molecule has 5 aliphatic rings. The van der Waals surface area contributed by atoms with Crippen LogP contribution in [0.4, 0.5) is 0 Å². The summed E-state index contributed by atoms with van der Waals surface area (Å²) in [4.78, 5) is 34.0. The SMILES string of the molecule is C[C@]12[C@H](O)CC3[C@@H](CC[C@@H]4CCCC[C@]34C)[C@@]1(O)CC[C@@H]2C1=CC(=O)OC1.O=C(CO)NCCCCCC(=O)NCCc1ccc(O)cc1. The minimum atomic E-state index is -0.835. The van der Waals surface area contributed by atoms with E-state index in [0.29, 0.717) is 32.0 Å². The predicted octanol–water partition coefficient (Wildman–Crippen LogP) is 4.32. The van der Waals surface area contributed by atoms with Gasteiger partial charge in [-0.2, -0.15) is 0 Å². The normalized spacial score (nSPS) is 34.7. The smallest absolute Gasteiger partial charge is 0.331 e. The number of carbonyl (C=O) groups excluding carboxylic acids is 3. The lowest BCUT2D eigenvalue weighted by molar-refractivity contribution is -0.242. The summed E-state index contributed by atoms with van der Waals surface area (Å²) in [5.74, 6) is 1.11. The number of unbranched alkanes of at least 4 members (excludes halogenated alkanes) is 2. The number of hydrogen-bond acceptors (Lipinski definition) is 8. The number of ether oxygens (including phenoxy) is 1. The maximum absolute atomic E-state index is 12.1. The van der Waals surface area contributed by atoms with Gasteiger partial charge in [-0.1, -0.05) is 45.2 Å². The van der Waals surface area contributed by atoms with Gasteiger partial charge >= 0.3 is 5.97 Å². The molecule has 10 heteroatoms. The predicted molar refractivity (Wildman–Crippen MR) is 185 cm³/mol. The molecule has 272 valence electrons. The number of fused-ring (bicyclic) bond motifs is 5. The standard InChI is InChI=1S/C23H34O4.C16H24N2O4/c1-21-9-4-3-5-15(21)6-7-17-18(21)12-19(24)22(2)16(8-10-23(17,22)26)14-11-20(25)27-13-14;19-12-16(22)17-10-3-1-2-4-15(21)18-11-9-13-5-7-14(20)8-6-13/h11,15-19,24,26H,3-10,12-13H2,1-2H3;5-8,19-20H,1-4,9-12H2,(H,17,22)(H,18,21)/t15-,16+,17+,18?,19+,21-,22-,23-;/m0./s1. The summed E-state index contributed by atoms with van der Waals surface area (Å²) in [7, 11) is 0. The van der Waals surface area contributed by atoms with Crippen molar-refractivity contribution < 1.29 is 39.5 Å². The molecule has 0 saturated heterocycles. The molecule has 2 amide bonds. The van der Waals surface area contributed by atoms with Crippen molar-refractivity contribution in [2.45, 2.75) is 115 Å². The lowest BCUT2D eigenvalue weighted by Gasteiger charge is -2.64. The van der Waals surface area contributed by atoms with Crippen molar-refractivity contribution in [3.05, 3.63) is 41.5 Å². The van der Waals surface area contributed by atoms with Gasteiger partial charge < -0.3 is 35.8 Å². The monoisotopic (exact) mass is 682 g/mol. The van der Waals surface area contributed by atoms with Gasteiger partial charge in [0.1, 0.15) is 19.0 Å². The number of aliphatic hydroxyl groups is 3. The third-order valence-electron chi connectivity index (χ3n) is 13.2. The molecule has 49 heavy (non-hydrogen) atoms. The van der Waals surface area contributed by atoms with E-state index < -0.39 is 23.7 Å². The number of amides is 2. The topological polar surface area (TPSA) is 165 Å². The second kappa shape index (κ2) is 15.9. The van der Waals surface area contributed by atoms with Crippen LogP contribution in [0.2, 0.25) is 0 Å². The molecule has 1 aromatic carbocycles. The molecule has 4 saturated carbocycles. The number of nitrogens with one attached hydrogen (secondary N) is 2. The summed E-state index contributed by atoms with van der Waals surface area (Å²) in [6.45, 7) is 5.49. The van der Waals surface area contributed by atoms with E-state index >= 15 is 0 Å². The highest BCUT2D eigenvalue weighted by atomic mass is 16.5. The molecule has 0 aromatic heterocycles. The van der Waals surface area contributed by atoms with Crippen LogP contribution in [0.5, 0.6) is 5.75 Å². The molecular formula is C39H58N2O8. The summed E-state index contributed by atoms with van der Waals surface area (Å²) in [5, 5.41) is 46.7. The highest BCUT2D eigenvalue weighted by molar-refractivity contribution is 5.85. The summed E-state index contributed by atoms with van der Waals surface area (Å²) >= 11 is 0. The zero-order valence-corrected chi connectivity index (χ0v) is 29.4. The third kappa shape index (κ3) is 7.86. The van der Waals surface area contributed by atoms with E-state index in [1.54, 1.807) is 18.2 Å². The first-order chi connectivity index (χ1) is 23.4. The van der Waals surface area contributed by atoms with E-state index in [9.17, 15) is 24.6 Å². The molecule has 8 atom stereocenters. The van der Waals surface area contributed by atoms with Gasteiger partial charge in [-0.15, -0.1) is 0 Å². The number of phenolic OH excluding ortho intramolecular Hbond substituents is 1. The van der Waals surface area contributed by atoms with Crippen molar-refractivity contribution >= 4 is 17.8 Å². The third-order valence-corrected chi connectivity index (χ3v) is 13.2. The van der Waals surface area contributed by atoms with Crippen LogP contribution in [0.15, 0.2) is 35.9 Å². The first kappa shape index (κ1) is 37.3. The number of hydrogen-bond donors (Lipinski definition) is 6. The number of rotatable bonds is 11. The van der Waals surface area contributed by atoms with Gasteiger partial charge in [0.15, 0.2) is 0 Å². The summed E-state index contributed by atoms with van der Waals surface area (Å²) in [5.41, 5.74) is 0.901. The molecule has 4 fully saturated rings. The van der Waals surface area contributed by atoms with Gasteiger partial charge in [-0.3, -0.25) is 9.59 Å².